The van der Waals surface area contributed by atoms with Gasteiger partial charge in [0.05, 0.1) is 19.3 Å². The second-order valence-electron chi connectivity index (χ2n) is 4.97. The van der Waals surface area contributed by atoms with Crippen molar-refractivity contribution in [2.24, 2.45) is 11.8 Å². The minimum Gasteiger partial charge on any atom is -0.381 e. The molecule has 0 spiro atoms. The first-order valence-corrected chi connectivity index (χ1v) is 6.45. The molecule has 1 saturated carbocycles. The Labute approximate surface area is 104 Å². The maximum atomic E-state index is 5.81. The average Bonchev–Trinajstić information content (AvgIpc) is 2.72. The second kappa shape index (κ2) is 6.18. The van der Waals surface area contributed by atoms with Crippen molar-refractivity contribution in [3.63, 3.8) is 0 Å². The third-order valence-electron chi connectivity index (χ3n) is 3.90. The van der Waals surface area contributed by atoms with E-state index in [2.05, 4.69) is 31.2 Å². The lowest BCUT2D eigenvalue weighted by Gasteiger charge is -2.19. The molecule has 0 unspecified atom stereocenters. The third-order valence-corrected chi connectivity index (χ3v) is 3.90. The van der Waals surface area contributed by atoms with E-state index in [-0.39, 0.29) is 0 Å². The predicted octanol–water partition coefficient (Wildman–Crippen LogP) is 3.26. The van der Waals surface area contributed by atoms with Crippen LogP contribution in [0.2, 0.25) is 0 Å². The quantitative estimate of drug-likeness (QED) is 0.778. The molecular weight excluding hydrogens is 212 g/mol. The highest BCUT2D eigenvalue weighted by molar-refractivity contribution is 5.13. The summed E-state index contributed by atoms with van der Waals surface area (Å²) in [7, 11) is 1.81. The number of benzene rings is 1. The molecule has 17 heavy (non-hydrogen) atoms. The zero-order chi connectivity index (χ0) is 12.1. The van der Waals surface area contributed by atoms with E-state index >= 15 is 0 Å². The first-order valence-electron chi connectivity index (χ1n) is 6.45. The lowest BCUT2D eigenvalue weighted by atomic mass is 9.98. The molecule has 0 radical (unpaired) electrons. The molecule has 0 bridgehead atoms. The van der Waals surface area contributed by atoms with Crippen molar-refractivity contribution in [1.82, 2.24) is 0 Å². The number of methoxy groups -OCH3 is 1. The molecule has 3 atom stereocenters. The smallest absolute Gasteiger partial charge is 0.0717 e. The van der Waals surface area contributed by atoms with Gasteiger partial charge in [-0.1, -0.05) is 37.3 Å². The molecule has 2 heteroatoms. The van der Waals surface area contributed by atoms with Crippen molar-refractivity contribution in [2.45, 2.75) is 32.5 Å². The highest BCUT2D eigenvalue weighted by Gasteiger charge is 2.32. The summed E-state index contributed by atoms with van der Waals surface area (Å²) in [6.45, 7) is 3.86. The minimum atomic E-state index is 0.431. The summed E-state index contributed by atoms with van der Waals surface area (Å²) < 4.78 is 11.3. The number of ether oxygens (including phenoxy) is 2. The van der Waals surface area contributed by atoms with Crippen molar-refractivity contribution < 1.29 is 9.47 Å². The number of hydrogen-bond donors (Lipinski definition) is 0. The standard InChI is InChI=1S/C15H22O2/c1-12-14(8-9-15(12)16-2)11-17-10-13-6-4-3-5-7-13/h3-7,12,14-15H,8-11H2,1-2H3/t12-,14-,15-/m0/s1. The lowest BCUT2D eigenvalue weighted by molar-refractivity contribution is 0.0373. The van der Waals surface area contributed by atoms with Crippen LogP contribution in [0, 0.1) is 11.8 Å². The molecule has 0 saturated heterocycles. The molecule has 2 nitrogen and oxygen atoms in total. The van der Waals surface area contributed by atoms with E-state index in [0.29, 0.717) is 17.9 Å². The summed E-state index contributed by atoms with van der Waals surface area (Å²) in [5.41, 5.74) is 1.25. The molecule has 1 aliphatic rings. The van der Waals surface area contributed by atoms with Crippen LogP contribution < -0.4 is 0 Å². The van der Waals surface area contributed by atoms with Crippen molar-refractivity contribution in [2.75, 3.05) is 13.7 Å². The van der Waals surface area contributed by atoms with Gasteiger partial charge in [-0.25, -0.2) is 0 Å². The Morgan fingerprint density at radius 2 is 1.94 bits per heavy atom. The van der Waals surface area contributed by atoms with Gasteiger partial charge < -0.3 is 9.47 Å². The molecule has 1 aromatic carbocycles. The zero-order valence-corrected chi connectivity index (χ0v) is 10.8. The largest absolute Gasteiger partial charge is 0.381 e. The van der Waals surface area contributed by atoms with Gasteiger partial charge in [-0.15, -0.1) is 0 Å². The first kappa shape index (κ1) is 12.6. The fraction of sp³-hybridized carbons (Fsp3) is 0.600. The lowest BCUT2D eigenvalue weighted by Crippen LogP contribution is -2.20. The van der Waals surface area contributed by atoms with Gasteiger partial charge in [0.25, 0.3) is 0 Å². The fourth-order valence-electron chi connectivity index (χ4n) is 2.68. The molecule has 1 aromatic rings. The van der Waals surface area contributed by atoms with Gasteiger partial charge >= 0.3 is 0 Å². The summed E-state index contributed by atoms with van der Waals surface area (Å²) in [4.78, 5) is 0. The van der Waals surface area contributed by atoms with Crippen LogP contribution in [0.3, 0.4) is 0 Å². The van der Waals surface area contributed by atoms with Gasteiger partial charge in [0, 0.05) is 7.11 Å². The van der Waals surface area contributed by atoms with Crippen LogP contribution in [0.5, 0.6) is 0 Å². The van der Waals surface area contributed by atoms with Crippen LogP contribution in [0.15, 0.2) is 30.3 Å². The Kier molecular flexibility index (Phi) is 4.57. The molecule has 0 heterocycles. The highest BCUT2D eigenvalue weighted by atomic mass is 16.5. The second-order valence-corrected chi connectivity index (χ2v) is 4.97. The van der Waals surface area contributed by atoms with E-state index in [9.17, 15) is 0 Å². The van der Waals surface area contributed by atoms with E-state index in [1.54, 1.807) is 0 Å². The number of hydrogen-bond acceptors (Lipinski definition) is 2. The highest BCUT2D eigenvalue weighted by Crippen LogP contribution is 2.33. The Morgan fingerprint density at radius 1 is 1.18 bits per heavy atom. The van der Waals surface area contributed by atoms with E-state index in [1.807, 2.05) is 13.2 Å². The Balaban J connectivity index is 1.73. The molecular formula is C15H22O2. The van der Waals surface area contributed by atoms with E-state index in [4.69, 9.17) is 9.47 Å². The van der Waals surface area contributed by atoms with Crippen molar-refractivity contribution in [3.8, 4) is 0 Å². The van der Waals surface area contributed by atoms with Gasteiger partial charge in [-0.3, -0.25) is 0 Å². The van der Waals surface area contributed by atoms with Crippen LogP contribution in [0.1, 0.15) is 25.3 Å². The summed E-state index contributed by atoms with van der Waals surface area (Å²) in [5.74, 6) is 1.28. The van der Waals surface area contributed by atoms with Gasteiger partial charge in [-0.05, 0) is 30.2 Å². The van der Waals surface area contributed by atoms with Crippen molar-refractivity contribution in [3.05, 3.63) is 35.9 Å². The van der Waals surface area contributed by atoms with E-state index in [1.165, 1.54) is 18.4 Å². The van der Waals surface area contributed by atoms with Crippen LogP contribution in [0.25, 0.3) is 0 Å². The molecule has 94 valence electrons. The Bertz CT molecular complexity index is 323. The topological polar surface area (TPSA) is 18.5 Å². The fourth-order valence-corrected chi connectivity index (χ4v) is 2.68. The Morgan fingerprint density at radius 3 is 2.59 bits per heavy atom. The van der Waals surface area contributed by atoms with Gasteiger partial charge in [0.2, 0.25) is 0 Å². The summed E-state index contributed by atoms with van der Waals surface area (Å²) in [6, 6.07) is 10.4. The molecule has 0 amide bonds. The van der Waals surface area contributed by atoms with Gasteiger partial charge in [-0.2, -0.15) is 0 Å². The molecule has 0 aromatic heterocycles. The summed E-state index contributed by atoms with van der Waals surface area (Å²) >= 11 is 0. The predicted molar refractivity (Wildman–Crippen MR) is 68.8 cm³/mol. The first-order chi connectivity index (χ1) is 8.31. The van der Waals surface area contributed by atoms with Crippen molar-refractivity contribution >= 4 is 0 Å². The SMILES string of the molecule is CO[C@H]1CC[C@@H](COCc2ccccc2)[C@@H]1C. The van der Waals surface area contributed by atoms with Crippen LogP contribution >= 0.6 is 0 Å². The average molecular weight is 234 g/mol. The van der Waals surface area contributed by atoms with E-state index < -0.39 is 0 Å². The van der Waals surface area contributed by atoms with E-state index in [0.717, 1.165) is 13.2 Å². The van der Waals surface area contributed by atoms with Gasteiger partial charge in [0.1, 0.15) is 0 Å². The molecule has 0 N–H and O–H groups in total. The van der Waals surface area contributed by atoms with Crippen molar-refractivity contribution in [1.29, 1.82) is 0 Å². The molecule has 2 rings (SSSR count). The van der Waals surface area contributed by atoms with Crippen LogP contribution in [0.4, 0.5) is 0 Å². The Hall–Kier alpha value is -0.860. The van der Waals surface area contributed by atoms with Crippen LogP contribution in [-0.2, 0) is 16.1 Å². The minimum absolute atomic E-state index is 0.431. The monoisotopic (exact) mass is 234 g/mol. The summed E-state index contributed by atoms with van der Waals surface area (Å²) in [5, 5.41) is 0. The molecule has 0 aliphatic heterocycles. The zero-order valence-electron chi connectivity index (χ0n) is 10.8. The maximum absolute atomic E-state index is 5.81. The maximum Gasteiger partial charge on any atom is 0.0717 e. The molecule has 1 fully saturated rings. The van der Waals surface area contributed by atoms with Gasteiger partial charge in [0.15, 0.2) is 0 Å². The summed E-state index contributed by atoms with van der Waals surface area (Å²) in [6.07, 6.45) is 2.84. The molecule has 1 aliphatic carbocycles. The third kappa shape index (κ3) is 3.30. The van der Waals surface area contributed by atoms with Crippen LogP contribution in [-0.4, -0.2) is 19.8 Å². The number of rotatable bonds is 5. The normalized spacial score (nSPS) is 28.5.